The molecule has 1 N–H and O–H groups in total. The number of imidazole rings is 1. The second kappa shape index (κ2) is 7.21. The Morgan fingerprint density at radius 1 is 1.07 bits per heavy atom. The molecule has 28 heavy (non-hydrogen) atoms. The van der Waals surface area contributed by atoms with Crippen molar-refractivity contribution >= 4 is 21.4 Å². The van der Waals surface area contributed by atoms with E-state index in [2.05, 4.69) is 9.97 Å². The first-order valence-corrected chi connectivity index (χ1v) is 10.1. The van der Waals surface area contributed by atoms with Crippen LogP contribution in [0.2, 0.25) is 5.02 Å². The van der Waals surface area contributed by atoms with Crippen molar-refractivity contribution in [1.29, 1.82) is 0 Å². The number of aromatic nitrogens is 2. The van der Waals surface area contributed by atoms with Crippen molar-refractivity contribution in [2.45, 2.75) is 18.2 Å². The molecule has 0 aliphatic carbocycles. The van der Waals surface area contributed by atoms with Gasteiger partial charge in [0, 0.05) is 22.4 Å². The quantitative estimate of drug-likeness (QED) is 0.567. The second-order valence-electron chi connectivity index (χ2n) is 6.15. The number of aryl methyl sites for hydroxylation is 1. The van der Waals surface area contributed by atoms with Crippen LogP contribution in [0.5, 0.6) is 0 Å². The number of sulfone groups is 1. The number of nitrogens with one attached hydrogen (secondary N) is 1. The molecule has 1 heterocycles. The molecule has 0 fully saturated rings. The first-order chi connectivity index (χ1) is 13.0. The highest BCUT2D eigenvalue weighted by atomic mass is 35.5. The number of halogens is 5. The topological polar surface area (TPSA) is 62.8 Å². The Morgan fingerprint density at radius 3 is 2.18 bits per heavy atom. The van der Waals surface area contributed by atoms with E-state index >= 15 is 0 Å². The summed E-state index contributed by atoms with van der Waals surface area (Å²) in [7, 11) is -4.16. The van der Waals surface area contributed by atoms with Gasteiger partial charge in [0.25, 0.3) is 6.43 Å². The second-order valence-corrected chi connectivity index (χ2v) is 8.51. The Balaban J connectivity index is 2.26. The van der Waals surface area contributed by atoms with Gasteiger partial charge in [0.1, 0.15) is 16.5 Å². The summed E-state index contributed by atoms with van der Waals surface area (Å²) in [6, 6.07) is 6.22. The zero-order valence-electron chi connectivity index (χ0n) is 14.5. The number of benzene rings is 2. The summed E-state index contributed by atoms with van der Waals surface area (Å²) in [5.41, 5.74) is 0.835. The molecule has 4 nitrogen and oxygen atoms in total. The third-order valence-electron chi connectivity index (χ3n) is 4.03. The largest absolute Gasteiger partial charge is 0.337 e. The van der Waals surface area contributed by atoms with Crippen LogP contribution in [0.15, 0.2) is 35.2 Å². The van der Waals surface area contributed by atoms with Crippen LogP contribution >= 0.6 is 11.6 Å². The molecule has 0 spiro atoms. The van der Waals surface area contributed by atoms with Gasteiger partial charge in [-0.3, -0.25) is 0 Å². The lowest BCUT2D eigenvalue weighted by Gasteiger charge is -2.08. The number of alkyl halides is 2. The molecular formula is C18H13ClF4N2O2S. The van der Waals surface area contributed by atoms with E-state index in [1.54, 1.807) is 19.1 Å². The third kappa shape index (κ3) is 3.77. The number of hydrogen-bond donors (Lipinski definition) is 1. The Labute approximate surface area is 163 Å². The summed E-state index contributed by atoms with van der Waals surface area (Å²) in [5.74, 6) is -3.38. The third-order valence-corrected chi connectivity index (χ3v) is 5.57. The minimum absolute atomic E-state index is 0.0723. The maximum atomic E-state index is 14.3. The van der Waals surface area contributed by atoms with Gasteiger partial charge >= 0.3 is 0 Å². The molecule has 0 bridgehead atoms. The van der Waals surface area contributed by atoms with Crippen LogP contribution < -0.4 is 0 Å². The van der Waals surface area contributed by atoms with Crippen LogP contribution in [0.3, 0.4) is 0 Å². The molecule has 0 aliphatic heterocycles. The van der Waals surface area contributed by atoms with Crippen molar-refractivity contribution in [3.05, 3.63) is 58.4 Å². The lowest BCUT2D eigenvalue weighted by Crippen LogP contribution is -2.05. The molecule has 3 aromatic rings. The summed E-state index contributed by atoms with van der Waals surface area (Å²) >= 11 is 6.08. The Bertz CT molecular complexity index is 1150. The van der Waals surface area contributed by atoms with Crippen LogP contribution in [0.4, 0.5) is 17.6 Å². The van der Waals surface area contributed by atoms with Crippen LogP contribution in [-0.4, -0.2) is 24.6 Å². The van der Waals surface area contributed by atoms with E-state index in [9.17, 15) is 26.0 Å². The van der Waals surface area contributed by atoms with Crippen molar-refractivity contribution in [3.63, 3.8) is 0 Å². The minimum atomic E-state index is -4.16. The number of aromatic amines is 1. The van der Waals surface area contributed by atoms with Crippen LogP contribution in [0.25, 0.3) is 22.5 Å². The van der Waals surface area contributed by atoms with Gasteiger partial charge in [-0.05, 0) is 30.7 Å². The van der Waals surface area contributed by atoms with Crippen LogP contribution in [0.1, 0.15) is 17.8 Å². The molecule has 3 rings (SSSR count). The molecular weight excluding hydrogens is 420 g/mol. The van der Waals surface area contributed by atoms with Gasteiger partial charge in [0.15, 0.2) is 15.7 Å². The van der Waals surface area contributed by atoms with Gasteiger partial charge in [0.05, 0.1) is 11.4 Å². The molecule has 2 aromatic carbocycles. The standard InChI is InChI=1S/C18H13ClF4N2O2S/c1-8-3-4-9(5-11(8)19)14-15(25-18(24-14)17(22)23)10-6-12(20)16(13(21)7-10)28(2,26)27/h3-7,17H,1-2H3,(H,24,25). The molecule has 1 aromatic heterocycles. The average molecular weight is 433 g/mol. The maximum absolute atomic E-state index is 14.3. The predicted octanol–water partition coefficient (Wildman–Crippen LogP) is 5.32. The molecule has 10 heteroatoms. The average Bonchev–Trinajstić information content (AvgIpc) is 3.01. The van der Waals surface area contributed by atoms with E-state index in [1.165, 1.54) is 6.07 Å². The van der Waals surface area contributed by atoms with E-state index in [0.717, 1.165) is 17.7 Å². The Kier molecular flexibility index (Phi) is 5.24. The first-order valence-electron chi connectivity index (χ1n) is 7.83. The van der Waals surface area contributed by atoms with Gasteiger partial charge in [-0.2, -0.15) is 0 Å². The van der Waals surface area contributed by atoms with Crippen molar-refractivity contribution in [1.82, 2.24) is 9.97 Å². The zero-order chi connectivity index (χ0) is 20.8. The molecule has 148 valence electrons. The van der Waals surface area contributed by atoms with E-state index < -0.39 is 38.6 Å². The summed E-state index contributed by atoms with van der Waals surface area (Å²) < 4.78 is 78.0. The molecule has 0 saturated heterocycles. The number of H-pyrrole nitrogens is 1. The van der Waals surface area contributed by atoms with Gasteiger partial charge < -0.3 is 4.98 Å². The van der Waals surface area contributed by atoms with Crippen molar-refractivity contribution < 1.29 is 26.0 Å². The van der Waals surface area contributed by atoms with E-state index in [-0.39, 0.29) is 17.0 Å². The summed E-state index contributed by atoms with van der Waals surface area (Å²) in [4.78, 5) is 5.10. The smallest absolute Gasteiger partial charge is 0.295 e. The molecule has 0 radical (unpaired) electrons. The Hall–Kier alpha value is -2.39. The lowest BCUT2D eigenvalue weighted by atomic mass is 10.0. The highest BCUT2D eigenvalue weighted by Crippen LogP contribution is 2.36. The number of hydrogen-bond acceptors (Lipinski definition) is 3. The molecule has 0 atom stereocenters. The summed E-state index contributed by atoms with van der Waals surface area (Å²) in [6.07, 6.45) is -2.30. The van der Waals surface area contributed by atoms with Crippen molar-refractivity contribution in [3.8, 4) is 22.5 Å². The van der Waals surface area contributed by atoms with E-state index in [4.69, 9.17) is 11.6 Å². The van der Waals surface area contributed by atoms with Crippen LogP contribution in [0, 0.1) is 18.6 Å². The normalized spacial score (nSPS) is 12.0. The van der Waals surface area contributed by atoms with Crippen LogP contribution in [-0.2, 0) is 9.84 Å². The van der Waals surface area contributed by atoms with Gasteiger partial charge in [-0.15, -0.1) is 0 Å². The summed E-state index contributed by atoms with van der Waals surface area (Å²) in [5, 5.41) is 0.362. The fraction of sp³-hybridized carbons (Fsp3) is 0.167. The zero-order valence-corrected chi connectivity index (χ0v) is 16.1. The fourth-order valence-corrected chi connectivity index (χ4v) is 3.72. The predicted molar refractivity (Wildman–Crippen MR) is 97.2 cm³/mol. The number of rotatable bonds is 4. The lowest BCUT2D eigenvalue weighted by molar-refractivity contribution is 0.141. The monoisotopic (exact) mass is 432 g/mol. The molecule has 0 amide bonds. The molecule has 0 aliphatic rings. The Morgan fingerprint density at radius 2 is 1.68 bits per heavy atom. The minimum Gasteiger partial charge on any atom is -0.337 e. The molecule has 0 unspecified atom stereocenters. The van der Waals surface area contributed by atoms with Gasteiger partial charge in [0.2, 0.25) is 0 Å². The highest BCUT2D eigenvalue weighted by Gasteiger charge is 2.25. The SMILES string of the molecule is Cc1ccc(-c2[nH]c(C(F)F)nc2-c2cc(F)c(S(C)(=O)=O)c(F)c2)cc1Cl. The maximum Gasteiger partial charge on any atom is 0.295 e. The van der Waals surface area contributed by atoms with E-state index in [1.807, 2.05) is 0 Å². The number of nitrogens with zero attached hydrogens (tertiary/aromatic N) is 1. The highest BCUT2D eigenvalue weighted by molar-refractivity contribution is 7.90. The fourth-order valence-electron chi connectivity index (χ4n) is 2.71. The van der Waals surface area contributed by atoms with Gasteiger partial charge in [-0.25, -0.2) is 31.0 Å². The van der Waals surface area contributed by atoms with Crippen molar-refractivity contribution in [2.75, 3.05) is 6.26 Å². The molecule has 0 saturated carbocycles. The van der Waals surface area contributed by atoms with Crippen molar-refractivity contribution in [2.24, 2.45) is 0 Å². The summed E-state index contributed by atoms with van der Waals surface area (Å²) in [6.45, 7) is 1.75. The first kappa shape index (κ1) is 20.3. The van der Waals surface area contributed by atoms with E-state index in [0.29, 0.717) is 16.8 Å². The van der Waals surface area contributed by atoms with Gasteiger partial charge in [-0.1, -0.05) is 23.7 Å².